The van der Waals surface area contributed by atoms with E-state index in [4.69, 9.17) is 5.73 Å². The summed E-state index contributed by atoms with van der Waals surface area (Å²) >= 11 is 2.19. The van der Waals surface area contributed by atoms with E-state index in [1.54, 1.807) is 0 Å². The Labute approximate surface area is 123 Å². The van der Waals surface area contributed by atoms with E-state index in [1.165, 1.54) is 4.90 Å². The SMILES string of the molecule is CC(C)(N)CC(C)(C)N1C(=O)CC(C)(I)CC1=O. The molecule has 1 aliphatic rings. The summed E-state index contributed by atoms with van der Waals surface area (Å²) in [5.74, 6) is -0.171. The van der Waals surface area contributed by atoms with Crippen LogP contribution in [-0.2, 0) is 9.59 Å². The van der Waals surface area contributed by atoms with Gasteiger partial charge < -0.3 is 5.73 Å². The second-order valence-electron chi connectivity index (χ2n) is 6.87. The number of rotatable bonds is 3. The molecule has 2 N–H and O–H groups in total. The molecule has 0 aromatic heterocycles. The molecule has 1 fully saturated rings. The van der Waals surface area contributed by atoms with E-state index in [9.17, 15) is 9.59 Å². The molecule has 104 valence electrons. The first-order valence-corrected chi connectivity index (χ1v) is 7.26. The van der Waals surface area contributed by atoms with Crippen molar-refractivity contribution in [3.63, 3.8) is 0 Å². The minimum Gasteiger partial charge on any atom is -0.325 e. The minimum atomic E-state index is -0.528. The predicted molar refractivity (Wildman–Crippen MR) is 80.5 cm³/mol. The number of nitrogens with two attached hydrogens (primary N) is 1. The summed E-state index contributed by atoms with van der Waals surface area (Å²) < 4.78 is -0.253. The number of hydrogen-bond acceptors (Lipinski definition) is 3. The molecule has 0 aromatic carbocycles. The lowest BCUT2D eigenvalue weighted by molar-refractivity contribution is -0.155. The van der Waals surface area contributed by atoms with Crippen LogP contribution in [0.5, 0.6) is 0 Å². The second kappa shape index (κ2) is 4.74. The van der Waals surface area contributed by atoms with Crippen LogP contribution in [0.4, 0.5) is 0 Å². The van der Waals surface area contributed by atoms with Crippen molar-refractivity contribution in [3.05, 3.63) is 0 Å². The van der Waals surface area contributed by atoms with Gasteiger partial charge in [-0.05, 0) is 41.0 Å². The molecule has 0 spiro atoms. The molecular formula is C13H23IN2O2. The van der Waals surface area contributed by atoms with Crippen molar-refractivity contribution in [2.24, 2.45) is 5.73 Å². The third kappa shape index (κ3) is 3.91. The predicted octanol–water partition coefficient (Wildman–Crippen LogP) is 2.24. The van der Waals surface area contributed by atoms with E-state index in [2.05, 4.69) is 22.6 Å². The summed E-state index contributed by atoms with van der Waals surface area (Å²) in [6, 6.07) is 0. The van der Waals surface area contributed by atoms with E-state index in [-0.39, 0.29) is 15.2 Å². The van der Waals surface area contributed by atoms with Gasteiger partial charge >= 0.3 is 0 Å². The van der Waals surface area contributed by atoms with Crippen LogP contribution in [0.2, 0.25) is 0 Å². The van der Waals surface area contributed by atoms with Crippen LogP contribution in [-0.4, -0.2) is 31.2 Å². The first-order valence-electron chi connectivity index (χ1n) is 6.18. The fourth-order valence-corrected chi connectivity index (χ4v) is 3.51. The fourth-order valence-electron chi connectivity index (χ4n) is 2.86. The molecule has 4 nitrogen and oxygen atoms in total. The van der Waals surface area contributed by atoms with Gasteiger partial charge in [0.1, 0.15) is 0 Å². The maximum Gasteiger partial charge on any atom is 0.231 e. The van der Waals surface area contributed by atoms with E-state index in [0.29, 0.717) is 19.3 Å². The number of hydrogen-bond donors (Lipinski definition) is 1. The Morgan fingerprint density at radius 3 is 1.94 bits per heavy atom. The lowest BCUT2D eigenvalue weighted by Crippen LogP contribution is -2.59. The van der Waals surface area contributed by atoms with Gasteiger partial charge in [0.25, 0.3) is 0 Å². The number of imide groups is 1. The molecule has 0 saturated carbocycles. The number of piperidine rings is 1. The minimum absolute atomic E-state index is 0.0857. The van der Waals surface area contributed by atoms with Gasteiger partial charge in [-0.25, -0.2) is 0 Å². The molecule has 18 heavy (non-hydrogen) atoms. The molecule has 1 aliphatic heterocycles. The summed E-state index contributed by atoms with van der Waals surface area (Å²) in [4.78, 5) is 25.8. The molecular weight excluding hydrogens is 343 g/mol. The van der Waals surface area contributed by atoms with E-state index in [0.717, 1.165) is 0 Å². The zero-order valence-corrected chi connectivity index (χ0v) is 14.0. The third-order valence-corrected chi connectivity index (χ3v) is 3.79. The highest BCUT2D eigenvalue weighted by molar-refractivity contribution is 14.1. The average molecular weight is 366 g/mol. The summed E-state index contributed by atoms with van der Waals surface area (Å²) in [5.41, 5.74) is 5.09. The van der Waals surface area contributed by atoms with E-state index >= 15 is 0 Å². The van der Waals surface area contributed by atoms with Crippen LogP contribution >= 0.6 is 22.6 Å². The molecule has 1 rings (SSSR count). The zero-order chi connectivity index (χ0) is 14.4. The highest BCUT2D eigenvalue weighted by Crippen LogP contribution is 2.37. The maximum atomic E-state index is 12.2. The van der Waals surface area contributed by atoms with Crippen LogP contribution in [0.15, 0.2) is 0 Å². The lowest BCUT2D eigenvalue weighted by atomic mass is 9.84. The Morgan fingerprint density at radius 1 is 1.22 bits per heavy atom. The summed E-state index contributed by atoms with van der Waals surface area (Å²) in [6.45, 7) is 9.59. The molecule has 0 unspecified atom stereocenters. The Balaban J connectivity index is 2.95. The van der Waals surface area contributed by atoms with Crippen molar-refractivity contribution >= 4 is 34.4 Å². The van der Waals surface area contributed by atoms with Crippen molar-refractivity contribution in [2.45, 2.75) is 68.4 Å². The van der Waals surface area contributed by atoms with Crippen molar-refractivity contribution in [3.8, 4) is 0 Å². The van der Waals surface area contributed by atoms with Crippen LogP contribution in [0, 0.1) is 0 Å². The van der Waals surface area contributed by atoms with E-state index in [1.807, 2.05) is 34.6 Å². The smallest absolute Gasteiger partial charge is 0.231 e. The Bertz CT molecular complexity index is 350. The Morgan fingerprint density at radius 2 is 1.61 bits per heavy atom. The van der Waals surface area contributed by atoms with Gasteiger partial charge in [0.2, 0.25) is 11.8 Å². The molecule has 0 radical (unpaired) electrons. The molecule has 2 amide bonds. The summed E-state index contributed by atoms with van der Waals surface area (Å²) in [7, 11) is 0. The largest absolute Gasteiger partial charge is 0.325 e. The molecule has 5 heteroatoms. The second-order valence-corrected chi connectivity index (χ2v) is 9.47. The van der Waals surface area contributed by atoms with Gasteiger partial charge in [-0.15, -0.1) is 0 Å². The summed E-state index contributed by atoms with van der Waals surface area (Å²) in [6.07, 6.45) is 1.41. The summed E-state index contributed by atoms with van der Waals surface area (Å²) in [5, 5.41) is 0. The van der Waals surface area contributed by atoms with Crippen molar-refractivity contribution < 1.29 is 9.59 Å². The highest BCUT2D eigenvalue weighted by Gasteiger charge is 2.45. The number of likely N-dealkylation sites (tertiary alicyclic amines) is 1. The molecule has 0 bridgehead atoms. The number of carbonyl (C=O) groups excluding carboxylic acids is 2. The molecule has 0 atom stereocenters. The van der Waals surface area contributed by atoms with E-state index < -0.39 is 11.1 Å². The number of nitrogens with zero attached hydrogens (tertiary/aromatic N) is 1. The van der Waals surface area contributed by atoms with Gasteiger partial charge in [-0.1, -0.05) is 22.6 Å². The molecule has 1 saturated heterocycles. The number of alkyl halides is 1. The topological polar surface area (TPSA) is 63.4 Å². The monoisotopic (exact) mass is 366 g/mol. The standard InChI is InChI=1S/C13H23IN2O2/c1-11(2,15)8-12(3,4)16-9(17)6-13(5,14)7-10(16)18/h6-8,15H2,1-5H3. The number of amides is 2. The van der Waals surface area contributed by atoms with Gasteiger partial charge in [-0.3, -0.25) is 14.5 Å². The Kier molecular flexibility index (Phi) is 4.18. The first-order chi connectivity index (χ1) is 7.84. The maximum absolute atomic E-state index is 12.2. The molecule has 0 aromatic rings. The van der Waals surface area contributed by atoms with Crippen molar-refractivity contribution in [1.82, 2.24) is 4.90 Å². The molecule has 0 aliphatic carbocycles. The average Bonchev–Trinajstić information content (AvgIpc) is 1.91. The zero-order valence-electron chi connectivity index (χ0n) is 11.8. The van der Waals surface area contributed by atoms with Crippen molar-refractivity contribution in [2.75, 3.05) is 0 Å². The fraction of sp³-hybridized carbons (Fsp3) is 0.846. The van der Waals surface area contributed by atoms with Crippen LogP contribution < -0.4 is 5.73 Å². The third-order valence-electron chi connectivity index (χ3n) is 3.03. The van der Waals surface area contributed by atoms with Gasteiger partial charge in [0.15, 0.2) is 0 Å². The van der Waals surface area contributed by atoms with Crippen LogP contribution in [0.1, 0.15) is 53.9 Å². The van der Waals surface area contributed by atoms with Crippen LogP contribution in [0.3, 0.4) is 0 Å². The van der Waals surface area contributed by atoms with Crippen molar-refractivity contribution in [1.29, 1.82) is 0 Å². The first kappa shape index (κ1) is 15.9. The van der Waals surface area contributed by atoms with Gasteiger partial charge in [0.05, 0.1) is 0 Å². The van der Waals surface area contributed by atoms with Gasteiger partial charge in [0, 0.05) is 27.3 Å². The van der Waals surface area contributed by atoms with Gasteiger partial charge in [-0.2, -0.15) is 0 Å². The van der Waals surface area contributed by atoms with Crippen LogP contribution in [0.25, 0.3) is 0 Å². The lowest BCUT2D eigenvalue weighted by Gasteiger charge is -2.45. The normalized spacial score (nSPS) is 21.4. The molecule has 1 heterocycles. The Hall–Kier alpha value is -0.170. The quantitative estimate of drug-likeness (QED) is 0.473. The number of carbonyl (C=O) groups is 2. The number of halogens is 1. The highest BCUT2D eigenvalue weighted by atomic mass is 127.